The van der Waals surface area contributed by atoms with Gasteiger partial charge in [0.2, 0.25) is 0 Å². The van der Waals surface area contributed by atoms with Crippen LogP contribution in [0.2, 0.25) is 0 Å². The van der Waals surface area contributed by atoms with Gasteiger partial charge in [0.05, 0.1) is 0 Å². The van der Waals surface area contributed by atoms with Crippen LogP contribution in [0.5, 0.6) is 0 Å². The summed E-state index contributed by atoms with van der Waals surface area (Å²) in [6.45, 7) is 4.53. The summed E-state index contributed by atoms with van der Waals surface area (Å²) in [4.78, 5) is 0. The second-order valence-corrected chi connectivity index (χ2v) is 6.66. The minimum Gasteiger partial charge on any atom is -0.0730 e. The molecule has 0 unspecified atom stereocenters. The van der Waals surface area contributed by atoms with Crippen molar-refractivity contribution in [3.63, 3.8) is 0 Å². The molecule has 0 N–H and O–H groups in total. The van der Waals surface area contributed by atoms with Crippen LogP contribution < -0.4 is 0 Å². The highest BCUT2D eigenvalue weighted by atomic mass is 14.2. The van der Waals surface area contributed by atoms with Gasteiger partial charge in [-0.1, -0.05) is 68.9 Å². The molecule has 0 atom stereocenters. The molecule has 0 saturated heterocycles. The Labute approximate surface area is 142 Å². The number of rotatable bonds is 5. The summed E-state index contributed by atoms with van der Waals surface area (Å²) in [7, 11) is 0. The zero-order valence-corrected chi connectivity index (χ0v) is 14.7. The maximum atomic E-state index is 3.14. The Hall–Kier alpha value is -1.74. The maximum absolute atomic E-state index is 3.14. The lowest BCUT2D eigenvalue weighted by Gasteiger charge is -2.25. The average molecular weight is 306 g/mol. The highest BCUT2D eigenvalue weighted by Gasteiger charge is 2.17. The van der Waals surface area contributed by atoms with E-state index in [-0.39, 0.29) is 0 Å². The molecule has 0 heterocycles. The fraction of sp³-hybridized carbons (Fsp3) is 0.478. The van der Waals surface area contributed by atoms with E-state index >= 15 is 0 Å². The third-order valence-electron chi connectivity index (χ3n) is 4.88. The number of aryl methyl sites for hydroxylation is 1. The number of allylic oxidation sites excluding steroid dienone is 3. The molecule has 0 nitrogen and oxygen atoms in total. The molecule has 0 bridgehead atoms. The number of benzene rings is 1. The first-order chi connectivity index (χ1) is 11.3. The van der Waals surface area contributed by atoms with Gasteiger partial charge in [-0.2, -0.15) is 0 Å². The largest absolute Gasteiger partial charge is 0.0730 e. The fourth-order valence-corrected chi connectivity index (χ4v) is 3.29. The van der Waals surface area contributed by atoms with Crippen LogP contribution in [0.4, 0.5) is 0 Å². The lowest BCUT2D eigenvalue weighted by Crippen LogP contribution is -2.11. The Morgan fingerprint density at radius 1 is 0.957 bits per heavy atom. The van der Waals surface area contributed by atoms with E-state index in [4.69, 9.17) is 0 Å². The van der Waals surface area contributed by atoms with Crippen molar-refractivity contribution in [1.82, 2.24) is 0 Å². The third-order valence-corrected chi connectivity index (χ3v) is 4.88. The van der Waals surface area contributed by atoms with Gasteiger partial charge in [0.25, 0.3) is 0 Å². The molecule has 122 valence electrons. The van der Waals surface area contributed by atoms with Gasteiger partial charge < -0.3 is 0 Å². The Morgan fingerprint density at radius 3 is 2.30 bits per heavy atom. The van der Waals surface area contributed by atoms with Crippen LogP contribution in [0, 0.1) is 23.7 Å². The molecule has 1 saturated carbocycles. The molecular formula is C23H30. The lowest BCUT2D eigenvalue weighted by atomic mass is 9.81. The molecule has 1 aromatic carbocycles. The van der Waals surface area contributed by atoms with Gasteiger partial charge in [-0.3, -0.25) is 0 Å². The van der Waals surface area contributed by atoms with E-state index in [1.165, 1.54) is 49.7 Å². The molecule has 1 fully saturated rings. The zero-order valence-electron chi connectivity index (χ0n) is 14.7. The first-order valence-corrected chi connectivity index (χ1v) is 9.25. The molecule has 23 heavy (non-hydrogen) atoms. The van der Waals surface area contributed by atoms with E-state index in [1.54, 1.807) is 0 Å². The van der Waals surface area contributed by atoms with E-state index in [9.17, 15) is 0 Å². The monoisotopic (exact) mass is 306 g/mol. The van der Waals surface area contributed by atoms with Crippen molar-refractivity contribution < 1.29 is 0 Å². The van der Waals surface area contributed by atoms with Gasteiger partial charge in [-0.25, -0.2) is 0 Å². The van der Waals surface area contributed by atoms with E-state index in [0.29, 0.717) is 0 Å². The molecule has 0 amide bonds. The Bertz CT molecular complexity index is 554. The van der Waals surface area contributed by atoms with Crippen LogP contribution in [0.15, 0.2) is 42.5 Å². The quantitative estimate of drug-likeness (QED) is 0.550. The van der Waals surface area contributed by atoms with E-state index in [2.05, 4.69) is 62.1 Å². The van der Waals surface area contributed by atoms with E-state index in [1.807, 2.05) is 12.2 Å². The zero-order chi connectivity index (χ0) is 16.3. The van der Waals surface area contributed by atoms with Gasteiger partial charge in [-0.05, 0) is 73.3 Å². The van der Waals surface area contributed by atoms with Gasteiger partial charge in [0.15, 0.2) is 0 Å². The standard InChI is InChI=1S/C23H30/c1-3-9-21-16-18-23(19-17-21)11-8-6-5-7-10-22-14-12-20(4-2)13-15-22/h7-8,10-11,16-20,22H,3-4,9,12-15H2,1-2H3/b10-7+,11-8+. The van der Waals surface area contributed by atoms with Crippen LogP contribution in [-0.4, -0.2) is 0 Å². The summed E-state index contributed by atoms with van der Waals surface area (Å²) >= 11 is 0. The van der Waals surface area contributed by atoms with Crippen molar-refractivity contribution >= 4 is 6.08 Å². The summed E-state index contributed by atoms with van der Waals surface area (Å²) in [6, 6.07) is 8.77. The molecule has 0 aliphatic heterocycles. The fourth-order valence-electron chi connectivity index (χ4n) is 3.29. The maximum Gasteiger partial charge on any atom is -0.0109 e. The minimum atomic E-state index is 0.752. The minimum absolute atomic E-state index is 0.752. The van der Waals surface area contributed by atoms with Gasteiger partial charge in [0.1, 0.15) is 0 Å². The van der Waals surface area contributed by atoms with Crippen LogP contribution >= 0.6 is 0 Å². The summed E-state index contributed by atoms with van der Waals surface area (Å²) < 4.78 is 0. The first kappa shape index (κ1) is 17.6. The van der Waals surface area contributed by atoms with Crippen LogP contribution in [0.3, 0.4) is 0 Å². The van der Waals surface area contributed by atoms with Gasteiger partial charge in [-0.15, -0.1) is 0 Å². The highest BCUT2D eigenvalue weighted by molar-refractivity contribution is 5.53. The number of hydrogen-bond donors (Lipinski definition) is 0. The molecule has 1 aromatic rings. The summed E-state index contributed by atoms with van der Waals surface area (Å²) in [5, 5.41) is 0. The van der Waals surface area contributed by atoms with Crippen molar-refractivity contribution in [2.24, 2.45) is 11.8 Å². The predicted molar refractivity (Wildman–Crippen MR) is 102 cm³/mol. The molecular weight excluding hydrogens is 276 g/mol. The normalized spacial score (nSPS) is 21.5. The molecule has 0 aromatic heterocycles. The van der Waals surface area contributed by atoms with Crippen LogP contribution in [-0.2, 0) is 6.42 Å². The van der Waals surface area contributed by atoms with E-state index < -0.39 is 0 Å². The second kappa shape index (κ2) is 10.1. The predicted octanol–water partition coefficient (Wildman–Crippen LogP) is 6.43. The van der Waals surface area contributed by atoms with Crippen LogP contribution in [0.25, 0.3) is 6.08 Å². The first-order valence-electron chi connectivity index (χ1n) is 9.25. The van der Waals surface area contributed by atoms with Gasteiger partial charge in [0, 0.05) is 0 Å². The Balaban J connectivity index is 1.75. The molecule has 1 aliphatic carbocycles. The van der Waals surface area contributed by atoms with Crippen molar-refractivity contribution in [2.45, 2.75) is 58.8 Å². The van der Waals surface area contributed by atoms with Crippen molar-refractivity contribution in [3.8, 4) is 11.8 Å². The summed E-state index contributed by atoms with van der Waals surface area (Å²) in [5.41, 5.74) is 2.64. The molecule has 2 rings (SSSR count). The molecule has 0 radical (unpaired) electrons. The van der Waals surface area contributed by atoms with Crippen LogP contribution in [0.1, 0.15) is 63.5 Å². The molecule has 0 heteroatoms. The molecule has 1 aliphatic rings. The summed E-state index contributed by atoms with van der Waals surface area (Å²) in [6.07, 6.45) is 17.6. The van der Waals surface area contributed by atoms with Crippen molar-refractivity contribution in [3.05, 3.63) is 53.6 Å². The topological polar surface area (TPSA) is 0 Å². The SMILES string of the molecule is CCCc1ccc(/C=C/C#C/C=C/C2CCC(CC)CC2)cc1. The molecule has 0 spiro atoms. The highest BCUT2D eigenvalue weighted by Crippen LogP contribution is 2.31. The Kier molecular flexibility index (Phi) is 7.74. The summed E-state index contributed by atoms with van der Waals surface area (Å²) in [5.74, 6) is 7.98. The Morgan fingerprint density at radius 2 is 1.65 bits per heavy atom. The number of hydrogen-bond acceptors (Lipinski definition) is 0. The average Bonchev–Trinajstić information content (AvgIpc) is 2.60. The second-order valence-electron chi connectivity index (χ2n) is 6.66. The van der Waals surface area contributed by atoms with Crippen molar-refractivity contribution in [2.75, 3.05) is 0 Å². The van der Waals surface area contributed by atoms with Gasteiger partial charge >= 0.3 is 0 Å². The smallest absolute Gasteiger partial charge is 0.0109 e. The lowest BCUT2D eigenvalue weighted by molar-refractivity contribution is 0.304. The van der Waals surface area contributed by atoms with E-state index in [0.717, 1.165) is 18.3 Å². The third kappa shape index (κ3) is 6.49. The van der Waals surface area contributed by atoms with Crippen molar-refractivity contribution in [1.29, 1.82) is 0 Å².